The summed E-state index contributed by atoms with van der Waals surface area (Å²) in [5, 5.41) is 12.0. The summed E-state index contributed by atoms with van der Waals surface area (Å²) in [5.74, 6) is -1.51. The highest BCUT2D eigenvalue weighted by atomic mass is 19.4. The predicted molar refractivity (Wildman–Crippen MR) is 97.7 cm³/mol. The number of amides is 1. The van der Waals surface area contributed by atoms with Gasteiger partial charge in [-0.2, -0.15) is 13.2 Å². The Kier molecular flexibility index (Phi) is 6.01. The first kappa shape index (κ1) is 20.7. The van der Waals surface area contributed by atoms with Gasteiger partial charge in [0.05, 0.1) is 11.5 Å². The molecule has 1 aromatic rings. The second kappa shape index (κ2) is 8.13. The molecule has 3 rings (SSSR count). The van der Waals surface area contributed by atoms with E-state index in [-0.39, 0.29) is 17.7 Å². The van der Waals surface area contributed by atoms with Crippen molar-refractivity contribution < 1.29 is 27.9 Å². The number of alkyl halides is 3. The molecule has 28 heavy (non-hydrogen) atoms. The van der Waals surface area contributed by atoms with Crippen LogP contribution in [0.4, 0.5) is 13.2 Å². The number of halogens is 3. The fourth-order valence-electron chi connectivity index (χ4n) is 4.65. The Morgan fingerprint density at radius 1 is 1.07 bits per heavy atom. The first-order chi connectivity index (χ1) is 13.2. The van der Waals surface area contributed by atoms with Gasteiger partial charge in [-0.1, -0.05) is 31.0 Å². The van der Waals surface area contributed by atoms with E-state index in [4.69, 9.17) is 5.11 Å². The van der Waals surface area contributed by atoms with Crippen LogP contribution in [0.5, 0.6) is 0 Å². The zero-order valence-electron chi connectivity index (χ0n) is 15.7. The maximum atomic E-state index is 13.1. The van der Waals surface area contributed by atoms with Crippen LogP contribution < -0.4 is 5.32 Å². The summed E-state index contributed by atoms with van der Waals surface area (Å²) in [6.45, 7) is 0.325. The summed E-state index contributed by atoms with van der Waals surface area (Å²) in [4.78, 5) is 23.6. The quantitative estimate of drug-likeness (QED) is 0.768. The molecule has 0 saturated heterocycles. The maximum absolute atomic E-state index is 13.1. The van der Waals surface area contributed by atoms with E-state index in [1.54, 1.807) is 6.07 Å². The van der Waals surface area contributed by atoms with Crippen molar-refractivity contribution in [1.29, 1.82) is 0 Å². The first-order valence-corrected chi connectivity index (χ1v) is 9.89. The normalized spacial score (nSPS) is 24.7. The molecule has 2 fully saturated rings. The summed E-state index contributed by atoms with van der Waals surface area (Å²) in [7, 11) is 0. The minimum absolute atomic E-state index is 0.109. The number of carboxylic acid groups (broad SMARTS) is 1. The summed E-state index contributed by atoms with van der Waals surface area (Å²) in [6, 6.07) is 5.46. The third-order valence-corrected chi connectivity index (χ3v) is 6.41. The third-order valence-electron chi connectivity index (χ3n) is 6.41. The summed E-state index contributed by atoms with van der Waals surface area (Å²) >= 11 is 0. The zero-order chi connectivity index (χ0) is 20.4. The van der Waals surface area contributed by atoms with Crippen molar-refractivity contribution in [3.05, 3.63) is 35.4 Å². The van der Waals surface area contributed by atoms with E-state index in [2.05, 4.69) is 5.32 Å². The summed E-state index contributed by atoms with van der Waals surface area (Å²) in [6.07, 6.45) is 1.03. The van der Waals surface area contributed by atoms with E-state index >= 15 is 0 Å². The Morgan fingerprint density at radius 3 is 2.25 bits per heavy atom. The maximum Gasteiger partial charge on any atom is 0.416 e. The lowest BCUT2D eigenvalue weighted by atomic mass is 9.77. The second-order valence-corrected chi connectivity index (χ2v) is 8.17. The number of aliphatic carboxylic acids is 1. The molecule has 0 bridgehead atoms. The number of hydrogen-bond acceptors (Lipinski definition) is 2. The highest BCUT2D eigenvalue weighted by Crippen LogP contribution is 2.42. The Bertz CT molecular complexity index is 718. The zero-order valence-corrected chi connectivity index (χ0v) is 15.7. The molecule has 0 heterocycles. The lowest BCUT2D eigenvalue weighted by molar-refractivity contribution is -0.144. The van der Waals surface area contributed by atoms with Gasteiger partial charge in [-0.15, -0.1) is 0 Å². The van der Waals surface area contributed by atoms with Crippen molar-refractivity contribution in [2.45, 2.75) is 63.0 Å². The Labute approximate surface area is 162 Å². The van der Waals surface area contributed by atoms with Crippen molar-refractivity contribution in [2.24, 2.45) is 11.8 Å². The van der Waals surface area contributed by atoms with Crippen molar-refractivity contribution in [2.75, 3.05) is 6.54 Å². The molecule has 7 heteroatoms. The lowest BCUT2D eigenvalue weighted by Gasteiger charge is -2.32. The SMILES string of the molecule is O=C(O)C1CCC(C(=O)NCC2(c3cccc(C(F)(F)F)c3)CCCC2)CC1. The topological polar surface area (TPSA) is 66.4 Å². The van der Waals surface area contributed by atoms with Crippen LogP contribution in [-0.2, 0) is 21.2 Å². The van der Waals surface area contributed by atoms with Gasteiger partial charge in [0.15, 0.2) is 0 Å². The number of carbonyl (C=O) groups excluding carboxylic acids is 1. The number of hydrogen-bond donors (Lipinski definition) is 2. The lowest BCUT2D eigenvalue weighted by Crippen LogP contribution is -2.42. The van der Waals surface area contributed by atoms with Gasteiger partial charge in [-0.3, -0.25) is 9.59 Å². The fraction of sp³-hybridized carbons (Fsp3) is 0.619. The third kappa shape index (κ3) is 4.50. The van der Waals surface area contributed by atoms with E-state index in [0.717, 1.165) is 31.7 Å². The average Bonchev–Trinajstić information content (AvgIpc) is 3.16. The van der Waals surface area contributed by atoms with Crippen LogP contribution in [0.25, 0.3) is 0 Å². The van der Waals surface area contributed by atoms with E-state index in [0.29, 0.717) is 37.8 Å². The molecule has 2 aliphatic carbocycles. The molecule has 2 saturated carbocycles. The van der Waals surface area contributed by atoms with Crippen LogP contribution in [0.1, 0.15) is 62.5 Å². The molecule has 0 unspecified atom stereocenters. The molecule has 0 radical (unpaired) electrons. The van der Waals surface area contributed by atoms with Crippen molar-refractivity contribution in [3.63, 3.8) is 0 Å². The fourth-order valence-corrected chi connectivity index (χ4v) is 4.65. The van der Waals surface area contributed by atoms with Gasteiger partial charge in [0.1, 0.15) is 0 Å². The van der Waals surface area contributed by atoms with Gasteiger partial charge in [0.25, 0.3) is 0 Å². The molecule has 1 amide bonds. The first-order valence-electron chi connectivity index (χ1n) is 9.89. The van der Waals surface area contributed by atoms with Crippen molar-refractivity contribution in [3.8, 4) is 0 Å². The van der Waals surface area contributed by atoms with Gasteiger partial charge >= 0.3 is 12.1 Å². The van der Waals surface area contributed by atoms with E-state index in [9.17, 15) is 22.8 Å². The van der Waals surface area contributed by atoms with E-state index in [1.807, 2.05) is 0 Å². The van der Waals surface area contributed by atoms with Gasteiger partial charge in [-0.25, -0.2) is 0 Å². The number of rotatable bonds is 5. The molecule has 154 valence electrons. The molecular weight excluding hydrogens is 371 g/mol. The van der Waals surface area contributed by atoms with Crippen molar-refractivity contribution >= 4 is 11.9 Å². The van der Waals surface area contributed by atoms with Crippen LogP contribution in [0.2, 0.25) is 0 Å². The van der Waals surface area contributed by atoms with E-state index in [1.165, 1.54) is 12.1 Å². The average molecular weight is 397 g/mol. The molecule has 0 aromatic heterocycles. The molecule has 0 atom stereocenters. The van der Waals surface area contributed by atoms with E-state index < -0.39 is 23.1 Å². The molecule has 2 N–H and O–H groups in total. The monoisotopic (exact) mass is 397 g/mol. The number of carboxylic acids is 1. The van der Waals surface area contributed by atoms with Crippen LogP contribution in [0, 0.1) is 11.8 Å². The standard InChI is InChI=1S/C21H26F3NO3/c22-21(23,24)17-5-3-4-16(12-17)20(10-1-2-11-20)13-25-18(26)14-6-8-15(9-7-14)19(27)28/h3-5,12,14-15H,1-2,6-11,13H2,(H,25,26)(H,27,28). The molecule has 0 spiro atoms. The number of nitrogens with one attached hydrogen (secondary N) is 1. The van der Waals surface area contributed by atoms with Gasteiger partial charge in [0, 0.05) is 17.9 Å². The molecule has 2 aliphatic rings. The van der Waals surface area contributed by atoms with Crippen LogP contribution >= 0.6 is 0 Å². The van der Waals surface area contributed by atoms with Gasteiger partial charge in [0.2, 0.25) is 5.91 Å². The van der Waals surface area contributed by atoms with Crippen LogP contribution in [0.15, 0.2) is 24.3 Å². The second-order valence-electron chi connectivity index (χ2n) is 8.17. The minimum atomic E-state index is -4.39. The Morgan fingerprint density at radius 2 is 1.68 bits per heavy atom. The Balaban J connectivity index is 1.67. The van der Waals surface area contributed by atoms with Gasteiger partial charge in [-0.05, 0) is 50.2 Å². The number of carbonyl (C=O) groups is 2. The smallest absolute Gasteiger partial charge is 0.416 e. The largest absolute Gasteiger partial charge is 0.481 e. The summed E-state index contributed by atoms with van der Waals surface area (Å²) < 4.78 is 39.3. The molecule has 1 aromatic carbocycles. The number of benzene rings is 1. The highest BCUT2D eigenvalue weighted by Gasteiger charge is 2.39. The van der Waals surface area contributed by atoms with Crippen LogP contribution in [0.3, 0.4) is 0 Å². The molecular formula is C21H26F3NO3. The Hall–Kier alpha value is -2.05. The highest BCUT2D eigenvalue weighted by molar-refractivity contribution is 5.79. The molecule has 4 nitrogen and oxygen atoms in total. The predicted octanol–water partition coefficient (Wildman–Crippen LogP) is 4.52. The van der Waals surface area contributed by atoms with Crippen LogP contribution in [-0.4, -0.2) is 23.5 Å². The minimum Gasteiger partial charge on any atom is -0.481 e. The molecule has 0 aliphatic heterocycles. The summed E-state index contributed by atoms with van der Waals surface area (Å²) in [5.41, 5.74) is -0.487. The van der Waals surface area contributed by atoms with Crippen molar-refractivity contribution in [1.82, 2.24) is 5.32 Å². The van der Waals surface area contributed by atoms with Gasteiger partial charge < -0.3 is 10.4 Å².